The first-order chi connectivity index (χ1) is 12.4. The first kappa shape index (κ1) is 18.0. The lowest BCUT2D eigenvalue weighted by Gasteiger charge is -2.06. The van der Waals surface area contributed by atoms with Crippen LogP contribution in [0.4, 0.5) is 10.9 Å². The smallest absolute Gasteiger partial charge is 0.263 e. The summed E-state index contributed by atoms with van der Waals surface area (Å²) in [7, 11) is -3.70. The quantitative estimate of drug-likeness (QED) is 0.676. The van der Waals surface area contributed by atoms with Gasteiger partial charge in [0.05, 0.1) is 17.0 Å². The third-order valence-corrected chi connectivity index (χ3v) is 5.73. The largest absolute Gasteiger partial charge is 0.310 e. The minimum absolute atomic E-state index is 0.0274. The van der Waals surface area contributed by atoms with Gasteiger partial charge >= 0.3 is 0 Å². The molecule has 134 valence electrons. The van der Waals surface area contributed by atoms with Crippen molar-refractivity contribution in [3.8, 4) is 0 Å². The number of hydrogen-bond acceptors (Lipinski definition) is 6. The molecule has 1 aromatic carbocycles. The number of amides is 1. The Morgan fingerprint density at radius 3 is 2.65 bits per heavy atom. The van der Waals surface area contributed by atoms with Crippen LogP contribution in [0.5, 0.6) is 0 Å². The van der Waals surface area contributed by atoms with E-state index in [1.165, 1.54) is 12.1 Å². The fraction of sp³-hybridized carbons (Fsp3) is 0.118. The number of nitrogens with one attached hydrogen (secondary N) is 2. The molecule has 0 bridgehead atoms. The number of aryl methyl sites for hydroxylation is 1. The average Bonchev–Trinajstić information content (AvgIpc) is 3.04. The van der Waals surface area contributed by atoms with Gasteiger partial charge < -0.3 is 5.32 Å². The number of aromatic nitrogens is 2. The third kappa shape index (κ3) is 4.44. The number of anilines is 2. The molecule has 0 unspecified atom stereocenters. The van der Waals surface area contributed by atoms with Gasteiger partial charge in [-0.25, -0.2) is 18.4 Å². The number of benzene rings is 1. The molecule has 3 rings (SSSR count). The van der Waals surface area contributed by atoms with Gasteiger partial charge in [0.15, 0.2) is 5.13 Å². The molecule has 0 fully saturated rings. The predicted octanol–water partition coefficient (Wildman–Crippen LogP) is 2.83. The van der Waals surface area contributed by atoms with Crippen LogP contribution in [0.25, 0.3) is 0 Å². The van der Waals surface area contributed by atoms with Crippen molar-refractivity contribution in [2.24, 2.45) is 0 Å². The molecule has 0 saturated carbocycles. The van der Waals surface area contributed by atoms with Crippen LogP contribution in [0.2, 0.25) is 0 Å². The van der Waals surface area contributed by atoms with Crippen molar-refractivity contribution in [1.29, 1.82) is 0 Å². The van der Waals surface area contributed by atoms with Gasteiger partial charge in [-0.15, -0.1) is 11.3 Å². The van der Waals surface area contributed by atoms with Crippen LogP contribution >= 0.6 is 11.3 Å². The monoisotopic (exact) mass is 388 g/mol. The Hall–Kier alpha value is -2.78. The summed E-state index contributed by atoms with van der Waals surface area (Å²) in [5, 5.41) is 4.58. The van der Waals surface area contributed by atoms with E-state index in [9.17, 15) is 13.2 Å². The molecule has 3 aromatic rings. The minimum atomic E-state index is -3.70. The molecule has 2 N–H and O–H groups in total. The highest BCUT2D eigenvalue weighted by Crippen LogP contribution is 2.20. The Bertz CT molecular complexity index is 1020. The summed E-state index contributed by atoms with van der Waals surface area (Å²) >= 11 is 1.13. The lowest BCUT2D eigenvalue weighted by molar-refractivity contribution is -0.115. The molecule has 2 heterocycles. The van der Waals surface area contributed by atoms with Gasteiger partial charge in [-0.05, 0) is 30.7 Å². The van der Waals surface area contributed by atoms with Crippen molar-refractivity contribution in [1.82, 2.24) is 9.97 Å². The number of carbonyl (C=O) groups excluding carboxylic acids is 1. The summed E-state index contributed by atoms with van der Waals surface area (Å²) in [4.78, 5) is 20.6. The molecule has 9 heteroatoms. The van der Waals surface area contributed by atoms with Gasteiger partial charge in [-0.3, -0.25) is 9.52 Å². The van der Waals surface area contributed by atoms with Crippen molar-refractivity contribution in [3.05, 3.63) is 65.3 Å². The number of nitrogens with zero attached hydrogens (tertiary/aromatic N) is 2. The number of thiazole rings is 1. The molecular weight excluding hydrogens is 372 g/mol. The van der Waals surface area contributed by atoms with Crippen LogP contribution in [0.1, 0.15) is 11.3 Å². The molecule has 0 atom stereocenters. The molecular formula is C17H16N4O3S2. The molecule has 0 aliphatic rings. The van der Waals surface area contributed by atoms with E-state index >= 15 is 0 Å². The maximum Gasteiger partial charge on any atom is 0.263 e. The highest BCUT2D eigenvalue weighted by Gasteiger charge is 2.16. The maximum atomic E-state index is 12.3. The van der Waals surface area contributed by atoms with Crippen LogP contribution in [0.15, 0.2) is 58.9 Å². The van der Waals surface area contributed by atoms with E-state index in [4.69, 9.17) is 0 Å². The summed E-state index contributed by atoms with van der Waals surface area (Å²) in [6.07, 6.45) is 1.63. The Kier molecular flexibility index (Phi) is 5.29. The number of carbonyl (C=O) groups is 1. The number of pyridine rings is 1. The van der Waals surface area contributed by atoms with Crippen molar-refractivity contribution >= 4 is 38.2 Å². The molecule has 2 aromatic heterocycles. The van der Waals surface area contributed by atoms with E-state index in [2.05, 4.69) is 20.0 Å². The van der Waals surface area contributed by atoms with Crippen LogP contribution < -0.4 is 10.0 Å². The summed E-state index contributed by atoms with van der Waals surface area (Å²) in [5.74, 6) is 0.229. The molecule has 0 spiro atoms. The summed E-state index contributed by atoms with van der Waals surface area (Å²) in [5.41, 5.74) is 1.34. The third-order valence-electron chi connectivity index (χ3n) is 3.44. The van der Waals surface area contributed by atoms with Crippen LogP contribution in [-0.4, -0.2) is 24.3 Å². The van der Waals surface area contributed by atoms with E-state index in [1.54, 1.807) is 35.8 Å². The summed E-state index contributed by atoms with van der Waals surface area (Å²) in [6.45, 7) is 1.85. The molecule has 1 amide bonds. The van der Waals surface area contributed by atoms with Crippen molar-refractivity contribution < 1.29 is 13.2 Å². The normalized spacial score (nSPS) is 11.1. The van der Waals surface area contributed by atoms with Crippen molar-refractivity contribution in [2.45, 2.75) is 18.2 Å². The van der Waals surface area contributed by atoms with E-state index in [0.717, 1.165) is 16.9 Å². The fourth-order valence-electron chi connectivity index (χ4n) is 2.17. The van der Waals surface area contributed by atoms with Crippen LogP contribution in [0, 0.1) is 6.92 Å². The SMILES string of the molecule is Cc1cccnc1NC(=O)Cc1csc(NS(=O)(=O)c2ccccc2)n1. The second kappa shape index (κ2) is 7.63. The Labute approximate surface area is 155 Å². The van der Waals surface area contributed by atoms with E-state index in [0.29, 0.717) is 11.5 Å². The van der Waals surface area contributed by atoms with Gasteiger partial charge in [-0.2, -0.15) is 0 Å². The molecule has 26 heavy (non-hydrogen) atoms. The number of hydrogen-bond donors (Lipinski definition) is 2. The zero-order chi connectivity index (χ0) is 18.6. The van der Waals surface area contributed by atoms with Crippen molar-refractivity contribution in [2.75, 3.05) is 10.0 Å². The van der Waals surface area contributed by atoms with Gasteiger partial charge in [0.2, 0.25) is 5.91 Å². The Morgan fingerprint density at radius 1 is 1.15 bits per heavy atom. The van der Waals surface area contributed by atoms with Crippen LogP contribution in [0.3, 0.4) is 0 Å². The molecule has 0 saturated heterocycles. The van der Waals surface area contributed by atoms with Gasteiger partial charge in [0.1, 0.15) is 5.82 Å². The van der Waals surface area contributed by atoms with Crippen molar-refractivity contribution in [3.63, 3.8) is 0 Å². The molecule has 0 aliphatic carbocycles. The van der Waals surface area contributed by atoms with E-state index < -0.39 is 10.0 Å². The molecule has 0 aliphatic heterocycles. The van der Waals surface area contributed by atoms with Crippen LogP contribution in [-0.2, 0) is 21.2 Å². The number of rotatable bonds is 6. The highest BCUT2D eigenvalue weighted by atomic mass is 32.2. The Morgan fingerprint density at radius 2 is 1.92 bits per heavy atom. The summed E-state index contributed by atoms with van der Waals surface area (Å²) < 4.78 is 27.0. The summed E-state index contributed by atoms with van der Waals surface area (Å²) in [6, 6.07) is 11.7. The minimum Gasteiger partial charge on any atom is -0.310 e. The molecule has 7 nitrogen and oxygen atoms in total. The zero-order valence-electron chi connectivity index (χ0n) is 13.8. The molecule has 0 radical (unpaired) electrons. The first-order valence-corrected chi connectivity index (χ1v) is 10.0. The van der Waals surface area contributed by atoms with E-state index in [1.807, 2.05) is 13.0 Å². The van der Waals surface area contributed by atoms with Gasteiger partial charge in [0.25, 0.3) is 10.0 Å². The first-order valence-electron chi connectivity index (χ1n) is 7.68. The number of sulfonamides is 1. The average molecular weight is 388 g/mol. The highest BCUT2D eigenvalue weighted by molar-refractivity contribution is 7.93. The van der Waals surface area contributed by atoms with Gasteiger partial charge in [-0.1, -0.05) is 24.3 Å². The zero-order valence-corrected chi connectivity index (χ0v) is 15.5. The second-order valence-electron chi connectivity index (χ2n) is 5.46. The van der Waals surface area contributed by atoms with Gasteiger partial charge in [0, 0.05) is 11.6 Å². The predicted molar refractivity (Wildman–Crippen MR) is 101 cm³/mol. The maximum absolute atomic E-state index is 12.3. The Balaban J connectivity index is 1.65. The fourth-order valence-corrected chi connectivity index (χ4v) is 4.15. The second-order valence-corrected chi connectivity index (χ2v) is 8.00. The topological polar surface area (TPSA) is 101 Å². The lowest BCUT2D eigenvalue weighted by Crippen LogP contribution is -2.16. The lowest BCUT2D eigenvalue weighted by atomic mass is 10.2. The standard InChI is InChI=1S/C17H16N4O3S2/c1-12-6-5-9-18-16(12)20-15(22)10-13-11-25-17(19-13)21-26(23,24)14-7-3-2-4-8-14/h2-9,11H,10H2,1H3,(H,19,21)(H,18,20,22). The van der Waals surface area contributed by atoms with E-state index in [-0.39, 0.29) is 22.4 Å².